The van der Waals surface area contributed by atoms with Crippen molar-refractivity contribution < 1.29 is 0 Å². The predicted molar refractivity (Wildman–Crippen MR) is 83.1 cm³/mol. The number of halogens is 2. The van der Waals surface area contributed by atoms with Crippen molar-refractivity contribution in [2.75, 3.05) is 10.7 Å². The Morgan fingerprint density at radius 2 is 1.90 bits per heavy atom. The number of rotatable bonds is 4. The summed E-state index contributed by atoms with van der Waals surface area (Å²) in [5.74, 6) is 6.68. The maximum absolute atomic E-state index is 6.20. The summed E-state index contributed by atoms with van der Waals surface area (Å²) >= 11 is 12.1. The van der Waals surface area contributed by atoms with Crippen LogP contribution in [0.4, 0.5) is 11.6 Å². The maximum atomic E-state index is 6.20. The van der Waals surface area contributed by atoms with Crippen molar-refractivity contribution in [3.63, 3.8) is 0 Å². The van der Waals surface area contributed by atoms with Gasteiger partial charge in [0, 0.05) is 15.6 Å². The molecule has 7 heteroatoms. The molecule has 2 aromatic rings. The molecule has 0 amide bonds. The average molecular weight is 312 g/mol. The Bertz CT molecular complexity index is 618. The van der Waals surface area contributed by atoms with Crippen LogP contribution < -0.4 is 16.6 Å². The number of benzene rings is 1. The topological polar surface area (TPSA) is 75.9 Å². The zero-order valence-corrected chi connectivity index (χ0v) is 12.6. The zero-order valence-electron chi connectivity index (χ0n) is 11.1. The standard InChI is InChI=1S/C13H15Cl2N5/c1-7-12(17-6-18-13(7)20-16)19-8(2)10-4-3-9(14)5-11(10)15/h3-6,8H,16H2,1-2H3,(H2,17,18,19,20). The molecule has 0 aliphatic rings. The van der Waals surface area contributed by atoms with Crippen molar-refractivity contribution in [2.45, 2.75) is 19.9 Å². The van der Waals surface area contributed by atoms with Gasteiger partial charge in [0.1, 0.15) is 18.0 Å². The van der Waals surface area contributed by atoms with E-state index in [1.54, 1.807) is 12.1 Å². The van der Waals surface area contributed by atoms with Gasteiger partial charge in [-0.2, -0.15) is 0 Å². The number of hydrogen-bond donors (Lipinski definition) is 3. The van der Waals surface area contributed by atoms with Crippen molar-refractivity contribution in [1.29, 1.82) is 0 Å². The van der Waals surface area contributed by atoms with Crippen LogP contribution in [0.15, 0.2) is 24.5 Å². The van der Waals surface area contributed by atoms with E-state index in [2.05, 4.69) is 20.7 Å². The highest BCUT2D eigenvalue weighted by Crippen LogP contribution is 2.29. The third kappa shape index (κ3) is 3.12. The average Bonchev–Trinajstić information content (AvgIpc) is 2.41. The van der Waals surface area contributed by atoms with Crippen molar-refractivity contribution in [3.05, 3.63) is 45.7 Å². The highest BCUT2D eigenvalue weighted by molar-refractivity contribution is 6.35. The van der Waals surface area contributed by atoms with E-state index >= 15 is 0 Å². The molecule has 5 nitrogen and oxygen atoms in total. The summed E-state index contributed by atoms with van der Waals surface area (Å²) in [5, 5.41) is 4.51. The van der Waals surface area contributed by atoms with E-state index in [9.17, 15) is 0 Å². The summed E-state index contributed by atoms with van der Waals surface area (Å²) in [7, 11) is 0. The first-order valence-corrected chi connectivity index (χ1v) is 6.78. The van der Waals surface area contributed by atoms with Crippen molar-refractivity contribution >= 4 is 34.8 Å². The summed E-state index contributed by atoms with van der Waals surface area (Å²) in [6.07, 6.45) is 1.45. The third-order valence-corrected chi connectivity index (χ3v) is 3.57. The molecule has 20 heavy (non-hydrogen) atoms. The van der Waals surface area contributed by atoms with Crippen LogP contribution in [0.5, 0.6) is 0 Å². The van der Waals surface area contributed by atoms with Gasteiger partial charge in [-0.3, -0.25) is 0 Å². The summed E-state index contributed by atoms with van der Waals surface area (Å²) in [4.78, 5) is 8.25. The Hall–Kier alpha value is -1.56. The minimum absolute atomic E-state index is 0.0287. The SMILES string of the molecule is Cc1c(NN)ncnc1NC(C)c1ccc(Cl)cc1Cl. The fraction of sp³-hybridized carbons (Fsp3) is 0.231. The monoisotopic (exact) mass is 311 g/mol. The van der Waals surface area contributed by atoms with E-state index < -0.39 is 0 Å². The van der Waals surface area contributed by atoms with E-state index in [1.165, 1.54) is 6.33 Å². The lowest BCUT2D eigenvalue weighted by atomic mass is 10.1. The number of anilines is 2. The Morgan fingerprint density at radius 3 is 2.55 bits per heavy atom. The summed E-state index contributed by atoms with van der Waals surface area (Å²) in [6.45, 7) is 3.87. The maximum Gasteiger partial charge on any atom is 0.148 e. The fourth-order valence-electron chi connectivity index (χ4n) is 1.88. The van der Waals surface area contributed by atoms with Crippen LogP contribution in [-0.2, 0) is 0 Å². The van der Waals surface area contributed by atoms with Gasteiger partial charge in [-0.25, -0.2) is 15.8 Å². The van der Waals surface area contributed by atoms with Gasteiger partial charge < -0.3 is 10.7 Å². The number of aromatic nitrogens is 2. The summed E-state index contributed by atoms with van der Waals surface area (Å²) in [6, 6.07) is 5.39. The van der Waals surface area contributed by atoms with Crippen LogP contribution in [0.25, 0.3) is 0 Å². The molecule has 0 saturated heterocycles. The van der Waals surface area contributed by atoms with Crippen LogP contribution in [0.1, 0.15) is 24.1 Å². The predicted octanol–water partition coefficient (Wildman–Crippen LogP) is 3.55. The van der Waals surface area contributed by atoms with Crippen molar-refractivity contribution in [1.82, 2.24) is 9.97 Å². The first kappa shape index (κ1) is 14.8. The highest BCUT2D eigenvalue weighted by Gasteiger charge is 2.13. The molecule has 1 atom stereocenters. The molecule has 0 spiro atoms. The van der Waals surface area contributed by atoms with Gasteiger partial charge in [0.2, 0.25) is 0 Å². The molecule has 1 unspecified atom stereocenters. The van der Waals surface area contributed by atoms with E-state index in [0.29, 0.717) is 21.7 Å². The van der Waals surface area contributed by atoms with Gasteiger partial charge >= 0.3 is 0 Å². The van der Waals surface area contributed by atoms with Crippen LogP contribution in [0, 0.1) is 6.92 Å². The Balaban J connectivity index is 2.25. The first-order chi connectivity index (χ1) is 9.52. The van der Waals surface area contributed by atoms with Gasteiger partial charge in [-0.1, -0.05) is 29.3 Å². The lowest BCUT2D eigenvalue weighted by molar-refractivity contribution is 0.868. The van der Waals surface area contributed by atoms with E-state index in [4.69, 9.17) is 29.0 Å². The first-order valence-electron chi connectivity index (χ1n) is 6.02. The molecule has 0 bridgehead atoms. The van der Waals surface area contributed by atoms with Crippen LogP contribution in [0.2, 0.25) is 10.0 Å². The fourth-order valence-corrected chi connectivity index (χ4v) is 2.45. The molecule has 0 radical (unpaired) electrons. The number of nitrogens with two attached hydrogens (primary N) is 1. The molecule has 1 aromatic heterocycles. The van der Waals surface area contributed by atoms with Crippen LogP contribution >= 0.6 is 23.2 Å². The smallest absolute Gasteiger partial charge is 0.148 e. The largest absolute Gasteiger partial charge is 0.363 e. The van der Waals surface area contributed by atoms with E-state index in [-0.39, 0.29) is 6.04 Å². The Morgan fingerprint density at radius 1 is 1.20 bits per heavy atom. The quantitative estimate of drug-likeness (QED) is 0.594. The summed E-state index contributed by atoms with van der Waals surface area (Å²) < 4.78 is 0. The molecule has 1 heterocycles. The molecule has 0 saturated carbocycles. The second kappa shape index (κ2) is 6.26. The lowest BCUT2D eigenvalue weighted by Crippen LogP contribution is -2.14. The minimum Gasteiger partial charge on any atom is -0.363 e. The van der Waals surface area contributed by atoms with Crippen molar-refractivity contribution in [2.24, 2.45) is 5.84 Å². The second-order valence-electron chi connectivity index (χ2n) is 4.37. The number of nitrogens with one attached hydrogen (secondary N) is 2. The molecule has 4 N–H and O–H groups in total. The number of nitrogen functional groups attached to an aromatic ring is 1. The molecule has 0 fully saturated rings. The van der Waals surface area contributed by atoms with Gasteiger partial charge in [0.05, 0.1) is 6.04 Å². The van der Waals surface area contributed by atoms with Crippen molar-refractivity contribution in [3.8, 4) is 0 Å². The van der Waals surface area contributed by atoms with Gasteiger partial charge in [-0.15, -0.1) is 0 Å². The normalized spacial score (nSPS) is 12.1. The molecule has 106 valence electrons. The third-order valence-electron chi connectivity index (χ3n) is 3.00. The zero-order chi connectivity index (χ0) is 14.7. The molecule has 1 aromatic carbocycles. The van der Waals surface area contributed by atoms with E-state index in [0.717, 1.165) is 11.1 Å². The second-order valence-corrected chi connectivity index (χ2v) is 5.22. The highest BCUT2D eigenvalue weighted by atomic mass is 35.5. The van der Waals surface area contributed by atoms with E-state index in [1.807, 2.05) is 19.9 Å². The minimum atomic E-state index is -0.0287. The van der Waals surface area contributed by atoms with Gasteiger partial charge in [-0.05, 0) is 31.5 Å². The van der Waals surface area contributed by atoms with Crippen LogP contribution in [-0.4, -0.2) is 9.97 Å². The number of hydrazine groups is 1. The molecular weight excluding hydrogens is 297 g/mol. The molecule has 0 aliphatic carbocycles. The number of hydrogen-bond acceptors (Lipinski definition) is 5. The molecular formula is C13H15Cl2N5. The Labute approximate surface area is 127 Å². The molecule has 2 rings (SSSR count). The summed E-state index contributed by atoms with van der Waals surface area (Å²) in [5.41, 5.74) is 4.31. The van der Waals surface area contributed by atoms with Gasteiger partial charge in [0.25, 0.3) is 0 Å². The van der Waals surface area contributed by atoms with Gasteiger partial charge in [0.15, 0.2) is 0 Å². The molecule has 0 aliphatic heterocycles. The Kier molecular flexibility index (Phi) is 4.65. The van der Waals surface area contributed by atoms with Crippen LogP contribution in [0.3, 0.4) is 0 Å². The number of nitrogens with zero attached hydrogens (tertiary/aromatic N) is 2. The lowest BCUT2D eigenvalue weighted by Gasteiger charge is -2.18.